The summed E-state index contributed by atoms with van der Waals surface area (Å²) in [5.41, 5.74) is 0.683. The number of hydrogen-bond acceptors (Lipinski definition) is 2. The predicted octanol–water partition coefficient (Wildman–Crippen LogP) is 3.64. The molecule has 0 bridgehead atoms. The molecule has 1 unspecified atom stereocenters. The Morgan fingerprint density at radius 3 is 2.39 bits per heavy atom. The molecule has 0 N–H and O–H groups in total. The predicted molar refractivity (Wildman–Crippen MR) is 72.7 cm³/mol. The third-order valence-electron chi connectivity index (χ3n) is 3.08. The molecular weight excluding hydrogens is 224 g/mol. The van der Waals surface area contributed by atoms with Crippen LogP contribution in [0.1, 0.15) is 30.6 Å². The van der Waals surface area contributed by atoms with Crippen molar-refractivity contribution in [2.75, 3.05) is 0 Å². The third-order valence-corrected chi connectivity index (χ3v) is 3.08. The Bertz CT molecular complexity index is 599. The highest BCUT2D eigenvalue weighted by molar-refractivity contribution is 6.02. The Morgan fingerprint density at radius 1 is 1.06 bits per heavy atom. The van der Waals surface area contributed by atoms with E-state index in [2.05, 4.69) is 0 Å². The summed E-state index contributed by atoms with van der Waals surface area (Å²) in [6.45, 7) is 3.32. The summed E-state index contributed by atoms with van der Waals surface area (Å²) in [5, 5.41) is 2.17. The molecule has 2 aromatic carbocycles. The molecule has 0 saturated heterocycles. The summed E-state index contributed by atoms with van der Waals surface area (Å²) in [6.07, 6.45) is 0.311. The van der Waals surface area contributed by atoms with Gasteiger partial charge in [-0.3, -0.25) is 4.79 Å². The third kappa shape index (κ3) is 2.65. The van der Waals surface area contributed by atoms with E-state index in [-0.39, 0.29) is 17.5 Å². The number of benzene rings is 2. The van der Waals surface area contributed by atoms with Gasteiger partial charge >= 0.3 is 0 Å². The molecule has 0 amide bonds. The quantitative estimate of drug-likeness (QED) is 0.765. The molecule has 1 atom stereocenters. The van der Waals surface area contributed by atoms with Gasteiger partial charge < -0.3 is 4.79 Å². The molecule has 0 heterocycles. The van der Waals surface area contributed by atoms with Crippen molar-refractivity contribution in [3.05, 3.63) is 48.0 Å². The summed E-state index contributed by atoms with van der Waals surface area (Å²) in [6, 6.07) is 13.6. The van der Waals surface area contributed by atoms with Gasteiger partial charge in [-0.25, -0.2) is 0 Å². The maximum absolute atomic E-state index is 12.2. The van der Waals surface area contributed by atoms with E-state index >= 15 is 0 Å². The average Bonchev–Trinajstić information content (AvgIpc) is 2.36. The van der Waals surface area contributed by atoms with Crippen LogP contribution in [-0.4, -0.2) is 11.6 Å². The van der Waals surface area contributed by atoms with Gasteiger partial charge in [0.25, 0.3) is 0 Å². The molecule has 2 heteroatoms. The van der Waals surface area contributed by atoms with Gasteiger partial charge in [-0.2, -0.15) is 0 Å². The Balaban J connectivity index is 2.30. The van der Waals surface area contributed by atoms with E-state index in [0.717, 1.165) is 10.8 Å². The topological polar surface area (TPSA) is 34.1 Å². The highest BCUT2D eigenvalue weighted by atomic mass is 16.1. The summed E-state index contributed by atoms with van der Waals surface area (Å²) < 4.78 is 0. The summed E-state index contributed by atoms with van der Waals surface area (Å²) in [5.74, 6) is -0.156. The van der Waals surface area contributed by atoms with E-state index in [1.807, 2.05) is 42.5 Å². The zero-order chi connectivity index (χ0) is 13.1. The van der Waals surface area contributed by atoms with E-state index in [0.29, 0.717) is 12.0 Å². The van der Waals surface area contributed by atoms with E-state index < -0.39 is 0 Å². The maximum Gasteiger partial charge on any atom is 0.166 e. The van der Waals surface area contributed by atoms with E-state index in [4.69, 9.17) is 0 Å². The minimum Gasteiger partial charge on any atom is -0.300 e. The van der Waals surface area contributed by atoms with Gasteiger partial charge in [0.05, 0.1) is 0 Å². The van der Waals surface area contributed by atoms with Crippen molar-refractivity contribution < 1.29 is 9.59 Å². The van der Waals surface area contributed by atoms with Crippen LogP contribution >= 0.6 is 0 Å². The minimum atomic E-state index is -0.247. The zero-order valence-electron chi connectivity index (χ0n) is 10.6. The van der Waals surface area contributed by atoms with Crippen LogP contribution < -0.4 is 0 Å². The highest BCUT2D eigenvalue weighted by Crippen LogP contribution is 2.19. The van der Waals surface area contributed by atoms with Gasteiger partial charge in [0, 0.05) is 17.9 Å². The monoisotopic (exact) mass is 240 g/mol. The maximum atomic E-state index is 12.2. The molecule has 2 rings (SSSR count). The van der Waals surface area contributed by atoms with Crippen molar-refractivity contribution in [1.82, 2.24) is 0 Å². The Labute approximate surface area is 107 Å². The normalized spacial score (nSPS) is 12.3. The smallest absolute Gasteiger partial charge is 0.166 e. The largest absolute Gasteiger partial charge is 0.300 e. The Hall–Kier alpha value is -1.96. The molecule has 2 aromatic rings. The second kappa shape index (κ2) is 5.13. The van der Waals surface area contributed by atoms with Crippen LogP contribution in [0.4, 0.5) is 0 Å². The SMILES string of the molecule is CC(=O)CC(C)C(=O)c1ccc2ccccc2c1. The first kappa shape index (κ1) is 12.5. The number of Topliss-reactive ketones (excluding diaryl/α,β-unsaturated/α-hetero) is 2. The summed E-state index contributed by atoms with van der Waals surface area (Å²) in [7, 11) is 0. The molecule has 0 aliphatic rings. The first-order valence-electron chi connectivity index (χ1n) is 6.10. The van der Waals surface area contributed by atoms with E-state index in [1.54, 1.807) is 6.92 Å². The van der Waals surface area contributed by atoms with Crippen molar-refractivity contribution >= 4 is 22.3 Å². The molecule has 92 valence electrons. The average molecular weight is 240 g/mol. The lowest BCUT2D eigenvalue weighted by atomic mass is 9.93. The van der Waals surface area contributed by atoms with Gasteiger partial charge in [-0.05, 0) is 23.8 Å². The second-order valence-electron chi connectivity index (χ2n) is 4.73. The van der Waals surface area contributed by atoms with E-state index in [1.165, 1.54) is 6.92 Å². The lowest BCUT2D eigenvalue weighted by molar-refractivity contribution is -0.117. The number of hydrogen-bond donors (Lipinski definition) is 0. The highest BCUT2D eigenvalue weighted by Gasteiger charge is 2.16. The number of ketones is 2. The van der Waals surface area contributed by atoms with Gasteiger partial charge in [-0.15, -0.1) is 0 Å². The van der Waals surface area contributed by atoms with Gasteiger partial charge in [0.2, 0.25) is 0 Å². The summed E-state index contributed by atoms with van der Waals surface area (Å²) in [4.78, 5) is 23.2. The lowest BCUT2D eigenvalue weighted by Crippen LogP contribution is -2.14. The van der Waals surface area contributed by atoms with Crippen molar-refractivity contribution in [1.29, 1.82) is 0 Å². The Morgan fingerprint density at radius 2 is 1.72 bits per heavy atom. The van der Waals surface area contributed by atoms with Crippen molar-refractivity contribution in [2.24, 2.45) is 5.92 Å². The molecular formula is C16H16O2. The van der Waals surface area contributed by atoms with Crippen LogP contribution in [0.15, 0.2) is 42.5 Å². The first-order valence-corrected chi connectivity index (χ1v) is 6.10. The second-order valence-corrected chi connectivity index (χ2v) is 4.73. The lowest BCUT2D eigenvalue weighted by Gasteiger charge is -2.09. The number of fused-ring (bicyclic) bond motifs is 1. The van der Waals surface area contributed by atoms with Crippen LogP contribution in [0, 0.1) is 5.92 Å². The fourth-order valence-electron chi connectivity index (χ4n) is 2.15. The van der Waals surface area contributed by atoms with Crippen LogP contribution in [-0.2, 0) is 4.79 Å². The number of carbonyl (C=O) groups excluding carboxylic acids is 2. The molecule has 0 spiro atoms. The molecule has 18 heavy (non-hydrogen) atoms. The number of carbonyl (C=O) groups is 2. The fraction of sp³-hybridized carbons (Fsp3) is 0.250. The minimum absolute atomic E-state index is 0.0379. The van der Waals surface area contributed by atoms with Crippen LogP contribution in [0.2, 0.25) is 0 Å². The Kier molecular flexibility index (Phi) is 3.56. The molecule has 0 radical (unpaired) electrons. The van der Waals surface area contributed by atoms with Crippen molar-refractivity contribution in [3.63, 3.8) is 0 Å². The van der Waals surface area contributed by atoms with Gasteiger partial charge in [0.1, 0.15) is 5.78 Å². The molecule has 0 aliphatic carbocycles. The van der Waals surface area contributed by atoms with Crippen molar-refractivity contribution in [2.45, 2.75) is 20.3 Å². The summed E-state index contributed by atoms with van der Waals surface area (Å²) >= 11 is 0. The zero-order valence-corrected chi connectivity index (χ0v) is 10.6. The van der Waals surface area contributed by atoms with Crippen LogP contribution in [0.5, 0.6) is 0 Å². The standard InChI is InChI=1S/C16H16O2/c1-11(9-12(2)17)16(18)15-8-7-13-5-3-4-6-14(13)10-15/h3-8,10-11H,9H2,1-2H3. The fourth-order valence-corrected chi connectivity index (χ4v) is 2.15. The molecule has 2 nitrogen and oxygen atoms in total. The van der Waals surface area contributed by atoms with Gasteiger partial charge in [-0.1, -0.05) is 43.3 Å². The molecule has 0 saturated carbocycles. The molecule has 0 aromatic heterocycles. The number of rotatable bonds is 4. The van der Waals surface area contributed by atoms with Crippen LogP contribution in [0.3, 0.4) is 0 Å². The van der Waals surface area contributed by atoms with Crippen LogP contribution in [0.25, 0.3) is 10.8 Å². The molecule has 0 aliphatic heterocycles. The molecule has 0 fully saturated rings. The van der Waals surface area contributed by atoms with E-state index in [9.17, 15) is 9.59 Å². The first-order chi connectivity index (χ1) is 8.58. The van der Waals surface area contributed by atoms with Gasteiger partial charge in [0.15, 0.2) is 5.78 Å². The van der Waals surface area contributed by atoms with Crippen molar-refractivity contribution in [3.8, 4) is 0 Å².